The van der Waals surface area contributed by atoms with Crippen LogP contribution >= 0.6 is 0 Å². The molecular weight excluding hydrogens is 230 g/mol. The second kappa shape index (κ2) is 6.50. The Morgan fingerprint density at radius 3 is 2.61 bits per heavy atom. The molecule has 2 fully saturated rings. The van der Waals surface area contributed by atoms with Crippen molar-refractivity contribution in [3.63, 3.8) is 0 Å². The summed E-state index contributed by atoms with van der Waals surface area (Å²) in [6, 6.07) is -0.139. The smallest absolute Gasteiger partial charge is 0.234 e. The van der Waals surface area contributed by atoms with Gasteiger partial charge in [-0.3, -0.25) is 9.69 Å². The van der Waals surface area contributed by atoms with Gasteiger partial charge in [0, 0.05) is 26.7 Å². The van der Waals surface area contributed by atoms with E-state index in [1.54, 1.807) is 7.11 Å². The molecule has 18 heavy (non-hydrogen) atoms. The molecule has 0 aromatic rings. The van der Waals surface area contributed by atoms with Crippen LogP contribution in [-0.4, -0.2) is 67.7 Å². The Balaban J connectivity index is 1.80. The number of nitrogens with two attached hydrogens (primary N) is 1. The quantitative estimate of drug-likeness (QED) is 0.754. The third-order valence-electron chi connectivity index (χ3n) is 4.18. The molecule has 2 heterocycles. The van der Waals surface area contributed by atoms with Crippen LogP contribution in [0.3, 0.4) is 0 Å². The first-order valence-corrected chi connectivity index (χ1v) is 6.99. The second-order valence-corrected chi connectivity index (χ2v) is 5.41. The Bertz CT molecular complexity index is 279. The van der Waals surface area contributed by atoms with Crippen LogP contribution in [0.2, 0.25) is 0 Å². The van der Waals surface area contributed by atoms with E-state index < -0.39 is 0 Å². The van der Waals surface area contributed by atoms with Gasteiger partial charge in [-0.05, 0) is 32.4 Å². The van der Waals surface area contributed by atoms with Crippen molar-refractivity contribution in [3.05, 3.63) is 0 Å². The van der Waals surface area contributed by atoms with Gasteiger partial charge in [0.2, 0.25) is 5.91 Å². The van der Waals surface area contributed by atoms with Crippen molar-refractivity contribution in [3.8, 4) is 0 Å². The van der Waals surface area contributed by atoms with Crippen molar-refractivity contribution >= 4 is 5.91 Å². The van der Waals surface area contributed by atoms with Crippen LogP contribution in [0.5, 0.6) is 0 Å². The number of primary amides is 1. The first kappa shape index (κ1) is 13.8. The van der Waals surface area contributed by atoms with E-state index in [1.165, 1.54) is 32.4 Å². The van der Waals surface area contributed by atoms with Gasteiger partial charge in [0.1, 0.15) is 0 Å². The van der Waals surface area contributed by atoms with Crippen molar-refractivity contribution in [1.82, 2.24) is 9.80 Å². The van der Waals surface area contributed by atoms with Gasteiger partial charge >= 0.3 is 0 Å². The Labute approximate surface area is 109 Å². The van der Waals surface area contributed by atoms with Crippen LogP contribution in [0.25, 0.3) is 0 Å². The molecule has 1 amide bonds. The van der Waals surface area contributed by atoms with E-state index in [-0.39, 0.29) is 18.1 Å². The minimum Gasteiger partial charge on any atom is -0.380 e. The average molecular weight is 255 g/mol. The number of methoxy groups -OCH3 is 1. The molecule has 5 heteroatoms. The maximum Gasteiger partial charge on any atom is 0.234 e. The van der Waals surface area contributed by atoms with Crippen LogP contribution in [0.15, 0.2) is 0 Å². The standard InChI is InChI=1S/C13H25N3O2/c1-18-11-9-12(13(14)17)16(10-11)8-7-15-5-3-2-4-6-15/h11-12H,2-10H2,1H3,(H2,14,17)/t11-,12-/m0/s1. The van der Waals surface area contributed by atoms with Crippen molar-refractivity contribution in [1.29, 1.82) is 0 Å². The van der Waals surface area contributed by atoms with Gasteiger partial charge in [-0.1, -0.05) is 6.42 Å². The van der Waals surface area contributed by atoms with E-state index in [0.29, 0.717) is 0 Å². The highest BCUT2D eigenvalue weighted by atomic mass is 16.5. The van der Waals surface area contributed by atoms with Gasteiger partial charge in [0.15, 0.2) is 0 Å². The molecule has 104 valence electrons. The van der Waals surface area contributed by atoms with Crippen LogP contribution < -0.4 is 5.73 Å². The molecule has 2 saturated heterocycles. The van der Waals surface area contributed by atoms with Gasteiger partial charge in [0.25, 0.3) is 0 Å². The van der Waals surface area contributed by atoms with Gasteiger partial charge < -0.3 is 15.4 Å². The fourth-order valence-corrected chi connectivity index (χ4v) is 3.03. The Morgan fingerprint density at radius 1 is 1.28 bits per heavy atom. The molecule has 0 saturated carbocycles. The SMILES string of the molecule is CO[C@H]1C[C@@H](C(N)=O)N(CCN2CCCCC2)C1. The lowest BCUT2D eigenvalue weighted by Gasteiger charge is -2.29. The largest absolute Gasteiger partial charge is 0.380 e. The van der Waals surface area contributed by atoms with E-state index in [9.17, 15) is 4.79 Å². The highest BCUT2D eigenvalue weighted by Gasteiger charge is 2.35. The molecule has 0 bridgehead atoms. The number of hydrogen-bond donors (Lipinski definition) is 1. The molecule has 2 aliphatic rings. The number of likely N-dealkylation sites (tertiary alicyclic amines) is 2. The molecule has 0 radical (unpaired) electrons. The number of hydrogen-bond acceptors (Lipinski definition) is 4. The first-order valence-electron chi connectivity index (χ1n) is 6.99. The van der Waals surface area contributed by atoms with Crippen molar-refractivity contribution < 1.29 is 9.53 Å². The lowest BCUT2D eigenvalue weighted by atomic mass is 10.1. The highest BCUT2D eigenvalue weighted by Crippen LogP contribution is 2.19. The van der Waals surface area contributed by atoms with Crippen LogP contribution in [-0.2, 0) is 9.53 Å². The zero-order valence-electron chi connectivity index (χ0n) is 11.3. The number of rotatable bonds is 5. The Morgan fingerprint density at radius 2 is 2.00 bits per heavy atom. The van der Waals surface area contributed by atoms with Gasteiger partial charge in [-0.2, -0.15) is 0 Å². The summed E-state index contributed by atoms with van der Waals surface area (Å²) in [6.07, 6.45) is 4.87. The number of nitrogens with zero attached hydrogens (tertiary/aromatic N) is 2. The van der Waals surface area contributed by atoms with Crippen molar-refractivity contribution in [2.24, 2.45) is 5.73 Å². The predicted octanol–water partition coefficient (Wildman–Crippen LogP) is 0.0469. The summed E-state index contributed by atoms with van der Waals surface area (Å²) in [4.78, 5) is 16.1. The summed E-state index contributed by atoms with van der Waals surface area (Å²) >= 11 is 0. The topological polar surface area (TPSA) is 58.8 Å². The zero-order chi connectivity index (χ0) is 13.0. The number of carbonyl (C=O) groups excluding carboxylic acids is 1. The van der Waals surface area contributed by atoms with E-state index in [1.807, 2.05) is 0 Å². The number of carbonyl (C=O) groups is 1. The molecule has 2 N–H and O–H groups in total. The van der Waals surface area contributed by atoms with E-state index in [0.717, 1.165) is 26.1 Å². The summed E-state index contributed by atoms with van der Waals surface area (Å²) < 4.78 is 5.35. The fraction of sp³-hybridized carbons (Fsp3) is 0.923. The highest BCUT2D eigenvalue weighted by molar-refractivity contribution is 5.80. The van der Waals surface area contributed by atoms with Gasteiger partial charge in [-0.15, -0.1) is 0 Å². The van der Waals surface area contributed by atoms with E-state index in [4.69, 9.17) is 10.5 Å². The van der Waals surface area contributed by atoms with Crippen LogP contribution in [0.4, 0.5) is 0 Å². The Kier molecular flexibility index (Phi) is 4.97. The van der Waals surface area contributed by atoms with Gasteiger partial charge in [-0.25, -0.2) is 0 Å². The third-order valence-corrected chi connectivity index (χ3v) is 4.18. The maximum atomic E-state index is 11.4. The molecule has 0 aromatic heterocycles. The third kappa shape index (κ3) is 3.43. The summed E-state index contributed by atoms with van der Waals surface area (Å²) in [5.74, 6) is -0.215. The first-order chi connectivity index (χ1) is 8.70. The summed E-state index contributed by atoms with van der Waals surface area (Å²) in [6.45, 7) is 5.19. The molecule has 2 aliphatic heterocycles. The van der Waals surface area contributed by atoms with E-state index >= 15 is 0 Å². The van der Waals surface area contributed by atoms with E-state index in [2.05, 4.69) is 9.80 Å². The maximum absolute atomic E-state index is 11.4. The molecule has 0 aliphatic carbocycles. The summed E-state index contributed by atoms with van der Waals surface area (Å²) in [5.41, 5.74) is 5.46. The zero-order valence-corrected chi connectivity index (χ0v) is 11.3. The van der Waals surface area contributed by atoms with Crippen LogP contribution in [0.1, 0.15) is 25.7 Å². The number of piperidine rings is 1. The van der Waals surface area contributed by atoms with Crippen molar-refractivity contribution in [2.45, 2.75) is 37.8 Å². The summed E-state index contributed by atoms with van der Waals surface area (Å²) in [7, 11) is 1.71. The molecule has 5 nitrogen and oxygen atoms in total. The monoisotopic (exact) mass is 255 g/mol. The number of ether oxygens (including phenoxy) is 1. The van der Waals surface area contributed by atoms with Crippen LogP contribution in [0, 0.1) is 0 Å². The Hall–Kier alpha value is -0.650. The molecule has 2 rings (SSSR count). The molecule has 0 spiro atoms. The molecule has 0 unspecified atom stereocenters. The average Bonchev–Trinajstić information content (AvgIpc) is 2.81. The predicted molar refractivity (Wildman–Crippen MR) is 70.3 cm³/mol. The minimum absolute atomic E-state index is 0.139. The minimum atomic E-state index is -0.215. The van der Waals surface area contributed by atoms with Gasteiger partial charge in [0.05, 0.1) is 12.1 Å². The molecular formula is C13H25N3O2. The fourth-order valence-electron chi connectivity index (χ4n) is 3.03. The lowest BCUT2D eigenvalue weighted by molar-refractivity contribution is -0.122. The second-order valence-electron chi connectivity index (χ2n) is 5.41. The molecule has 0 aromatic carbocycles. The lowest BCUT2D eigenvalue weighted by Crippen LogP contribution is -2.44. The van der Waals surface area contributed by atoms with Crippen molar-refractivity contribution in [2.75, 3.05) is 39.8 Å². The molecule has 2 atom stereocenters. The normalized spacial score (nSPS) is 30.7. The summed E-state index contributed by atoms with van der Waals surface area (Å²) in [5, 5.41) is 0. The number of amides is 1.